The number of hydrogen-bond donors (Lipinski definition) is 1. The third-order valence-corrected chi connectivity index (χ3v) is 3.49. The molecule has 5 nitrogen and oxygen atoms in total. The molecule has 5 heteroatoms. The van der Waals surface area contributed by atoms with Crippen LogP contribution in [0.25, 0.3) is 11.0 Å². The standard InChI is InChI=1S/C16H15N3O2/c1-10-3-5-13(7-11(10)2)16(20)21-9-12-4-6-14-15(8-12)18-19-17-14/h3-8H,9H2,1-2H3,(H,17,18,19). The first kappa shape index (κ1) is 13.3. The van der Waals surface area contributed by atoms with Gasteiger partial charge in [-0.15, -0.1) is 0 Å². The molecule has 0 unspecified atom stereocenters. The molecule has 0 bridgehead atoms. The number of H-pyrrole nitrogens is 1. The number of ether oxygens (including phenoxy) is 1. The van der Waals surface area contributed by atoms with E-state index in [0.717, 1.165) is 27.7 Å². The predicted molar refractivity (Wildman–Crippen MR) is 78.9 cm³/mol. The molecule has 1 N–H and O–H groups in total. The third-order valence-electron chi connectivity index (χ3n) is 3.49. The second-order valence-electron chi connectivity index (χ2n) is 5.02. The summed E-state index contributed by atoms with van der Waals surface area (Å²) >= 11 is 0. The zero-order valence-electron chi connectivity index (χ0n) is 11.9. The molecule has 2 aromatic carbocycles. The fourth-order valence-corrected chi connectivity index (χ4v) is 2.08. The molecule has 0 aliphatic carbocycles. The Morgan fingerprint density at radius 3 is 2.67 bits per heavy atom. The first-order valence-electron chi connectivity index (χ1n) is 6.67. The molecule has 3 aromatic rings. The summed E-state index contributed by atoms with van der Waals surface area (Å²) in [4.78, 5) is 12.0. The van der Waals surface area contributed by atoms with Crippen molar-refractivity contribution in [1.82, 2.24) is 15.4 Å². The maximum atomic E-state index is 12.0. The third kappa shape index (κ3) is 2.76. The van der Waals surface area contributed by atoms with Crippen LogP contribution in [0.4, 0.5) is 0 Å². The Morgan fingerprint density at radius 1 is 1.05 bits per heavy atom. The molecule has 0 amide bonds. The average molecular weight is 281 g/mol. The van der Waals surface area contributed by atoms with E-state index in [1.807, 2.05) is 44.2 Å². The van der Waals surface area contributed by atoms with Gasteiger partial charge in [0.05, 0.1) is 5.56 Å². The summed E-state index contributed by atoms with van der Waals surface area (Å²) < 4.78 is 5.34. The molecule has 1 aromatic heterocycles. The predicted octanol–water partition coefficient (Wildman–Crippen LogP) is 2.93. The monoisotopic (exact) mass is 281 g/mol. The second kappa shape index (κ2) is 5.36. The zero-order chi connectivity index (χ0) is 14.8. The number of nitrogens with zero attached hydrogens (tertiary/aromatic N) is 2. The lowest BCUT2D eigenvalue weighted by Gasteiger charge is -2.07. The molecule has 0 saturated heterocycles. The number of aromatic amines is 1. The Hall–Kier alpha value is -2.69. The second-order valence-corrected chi connectivity index (χ2v) is 5.02. The molecule has 0 saturated carbocycles. The number of carbonyl (C=O) groups is 1. The van der Waals surface area contributed by atoms with Gasteiger partial charge in [-0.05, 0) is 54.8 Å². The average Bonchev–Trinajstić information content (AvgIpc) is 2.95. The Bertz CT molecular complexity index is 808. The highest BCUT2D eigenvalue weighted by atomic mass is 16.5. The van der Waals surface area contributed by atoms with Gasteiger partial charge < -0.3 is 4.74 Å². The molecule has 0 aliphatic heterocycles. The quantitative estimate of drug-likeness (QED) is 0.749. The Labute approximate surface area is 121 Å². The maximum absolute atomic E-state index is 12.0. The van der Waals surface area contributed by atoms with Gasteiger partial charge in [-0.25, -0.2) is 4.79 Å². The maximum Gasteiger partial charge on any atom is 0.338 e. The highest BCUT2D eigenvalue weighted by Gasteiger charge is 2.09. The molecule has 0 atom stereocenters. The molecule has 0 aliphatic rings. The lowest BCUT2D eigenvalue weighted by atomic mass is 10.1. The van der Waals surface area contributed by atoms with Crippen molar-refractivity contribution in [2.45, 2.75) is 20.5 Å². The van der Waals surface area contributed by atoms with Crippen molar-refractivity contribution in [3.05, 3.63) is 58.7 Å². The first-order chi connectivity index (χ1) is 10.1. The topological polar surface area (TPSA) is 67.9 Å². The van der Waals surface area contributed by atoms with Crippen LogP contribution >= 0.6 is 0 Å². The minimum atomic E-state index is -0.321. The zero-order valence-corrected chi connectivity index (χ0v) is 11.9. The number of fused-ring (bicyclic) bond motifs is 1. The minimum Gasteiger partial charge on any atom is -0.457 e. The summed E-state index contributed by atoms with van der Waals surface area (Å²) in [5.74, 6) is -0.321. The Kier molecular flexibility index (Phi) is 3.39. The highest BCUT2D eigenvalue weighted by molar-refractivity contribution is 5.89. The van der Waals surface area contributed by atoms with Gasteiger partial charge in [0.1, 0.15) is 17.6 Å². The van der Waals surface area contributed by atoms with Gasteiger partial charge in [-0.3, -0.25) is 0 Å². The number of carbonyl (C=O) groups excluding carboxylic acids is 1. The van der Waals surface area contributed by atoms with Crippen molar-refractivity contribution in [1.29, 1.82) is 0 Å². The summed E-state index contributed by atoms with van der Waals surface area (Å²) in [6, 6.07) is 11.1. The van der Waals surface area contributed by atoms with Crippen LogP contribution in [-0.4, -0.2) is 21.4 Å². The van der Waals surface area contributed by atoms with Crippen LogP contribution in [0.15, 0.2) is 36.4 Å². The molecular formula is C16H15N3O2. The summed E-state index contributed by atoms with van der Waals surface area (Å²) in [6.45, 7) is 4.21. The number of hydrogen-bond acceptors (Lipinski definition) is 4. The summed E-state index contributed by atoms with van der Waals surface area (Å²) in [5.41, 5.74) is 5.24. The van der Waals surface area contributed by atoms with Crippen molar-refractivity contribution < 1.29 is 9.53 Å². The van der Waals surface area contributed by atoms with E-state index in [4.69, 9.17) is 4.74 Å². The van der Waals surface area contributed by atoms with E-state index >= 15 is 0 Å². The molecule has 0 spiro atoms. The van der Waals surface area contributed by atoms with E-state index in [9.17, 15) is 4.79 Å². The lowest BCUT2D eigenvalue weighted by molar-refractivity contribution is 0.0472. The Morgan fingerprint density at radius 2 is 1.86 bits per heavy atom. The van der Waals surface area contributed by atoms with Crippen molar-refractivity contribution in [2.24, 2.45) is 0 Å². The molecule has 0 fully saturated rings. The van der Waals surface area contributed by atoms with E-state index < -0.39 is 0 Å². The molecule has 3 rings (SSSR count). The van der Waals surface area contributed by atoms with Crippen molar-refractivity contribution in [3.63, 3.8) is 0 Å². The van der Waals surface area contributed by atoms with Gasteiger partial charge in [0.2, 0.25) is 0 Å². The summed E-state index contributed by atoms with van der Waals surface area (Å²) in [6.07, 6.45) is 0. The fourth-order valence-electron chi connectivity index (χ4n) is 2.08. The minimum absolute atomic E-state index is 0.217. The van der Waals surface area contributed by atoms with Crippen LogP contribution in [-0.2, 0) is 11.3 Å². The van der Waals surface area contributed by atoms with Gasteiger partial charge >= 0.3 is 5.97 Å². The van der Waals surface area contributed by atoms with Gasteiger partial charge in [0.25, 0.3) is 0 Å². The highest BCUT2D eigenvalue weighted by Crippen LogP contribution is 2.14. The van der Waals surface area contributed by atoms with Gasteiger partial charge in [-0.1, -0.05) is 12.1 Å². The van der Waals surface area contributed by atoms with Crippen LogP contribution in [0.3, 0.4) is 0 Å². The molecule has 1 heterocycles. The van der Waals surface area contributed by atoms with E-state index in [1.165, 1.54) is 0 Å². The van der Waals surface area contributed by atoms with Gasteiger partial charge in [0.15, 0.2) is 0 Å². The van der Waals surface area contributed by atoms with Crippen LogP contribution in [0, 0.1) is 13.8 Å². The van der Waals surface area contributed by atoms with Crippen molar-refractivity contribution in [2.75, 3.05) is 0 Å². The first-order valence-corrected chi connectivity index (χ1v) is 6.67. The normalized spacial score (nSPS) is 10.8. The van der Waals surface area contributed by atoms with E-state index in [-0.39, 0.29) is 12.6 Å². The summed E-state index contributed by atoms with van der Waals surface area (Å²) in [5, 5.41) is 10.5. The molecule has 106 valence electrons. The largest absolute Gasteiger partial charge is 0.457 e. The Balaban J connectivity index is 1.71. The number of esters is 1. The van der Waals surface area contributed by atoms with E-state index in [2.05, 4.69) is 15.4 Å². The number of rotatable bonds is 3. The number of nitrogens with one attached hydrogen (secondary N) is 1. The van der Waals surface area contributed by atoms with Gasteiger partial charge in [0, 0.05) is 0 Å². The van der Waals surface area contributed by atoms with Crippen LogP contribution < -0.4 is 0 Å². The SMILES string of the molecule is Cc1ccc(C(=O)OCc2ccc3n[nH]nc3c2)cc1C. The van der Waals surface area contributed by atoms with Crippen LogP contribution in [0.5, 0.6) is 0 Å². The molecule has 21 heavy (non-hydrogen) atoms. The van der Waals surface area contributed by atoms with Crippen LogP contribution in [0.1, 0.15) is 27.0 Å². The van der Waals surface area contributed by atoms with Gasteiger partial charge in [-0.2, -0.15) is 15.4 Å². The number of benzene rings is 2. The van der Waals surface area contributed by atoms with E-state index in [1.54, 1.807) is 6.07 Å². The van der Waals surface area contributed by atoms with Crippen molar-refractivity contribution >= 4 is 17.0 Å². The summed E-state index contributed by atoms with van der Waals surface area (Å²) in [7, 11) is 0. The van der Waals surface area contributed by atoms with E-state index in [0.29, 0.717) is 5.56 Å². The van der Waals surface area contributed by atoms with Crippen LogP contribution in [0.2, 0.25) is 0 Å². The smallest absolute Gasteiger partial charge is 0.338 e. The number of aromatic nitrogens is 3. The molecule has 0 radical (unpaired) electrons. The van der Waals surface area contributed by atoms with Crippen molar-refractivity contribution in [3.8, 4) is 0 Å². The fraction of sp³-hybridized carbons (Fsp3) is 0.188. The lowest BCUT2D eigenvalue weighted by Crippen LogP contribution is -2.05. The number of aryl methyl sites for hydroxylation is 2. The molecular weight excluding hydrogens is 266 g/mol.